The summed E-state index contributed by atoms with van der Waals surface area (Å²) in [6.45, 7) is 2.27. The molecule has 0 aromatic heterocycles. The topological polar surface area (TPSA) is 46.2 Å². The van der Waals surface area contributed by atoms with Gasteiger partial charge in [-0.2, -0.15) is 0 Å². The summed E-state index contributed by atoms with van der Waals surface area (Å²) in [7, 11) is -2.77. The quantitative estimate of drug-likeness (QED) is 0.854. The van der Waals surface area contributed by atoms with E-state index in [0.29, 0.717) is 17.5 Å². The van der Waals surface area contributed by atoms with Gasteiger partial charge in [-0.1, -0.05) is 6.42 Å². The normalized spacial score (nSPS) is 44.1. The predicted octanol–water partition coefficient (Wildman–Crippen LogP) is 1.98. The van der Waals surface area contributed by atoms with Crippen molar-refractivity contribution in [2.45, 2.75) is 57.5 Å². The van der Waals surface area contributed by atoms with Gasteiger partial charge in [0.25, 0.3) is 0 Å². The van der Waals surface area contributed by atoms with Crippen molar-refractivity contribution in [1.82, 2.24) is 5.32 Å². The van der Waals surface area contributed by atoms with Crippen LogP contribution in [0.1, 0.15) is 45.4 Å². The fraction of sp³-hybridized carbons (Fsp3) is 1.00. The second-order valence-corrected chi connectivity index (χ2v) is 8.98. The fourth-order valence-corrected chi connectivity index (χ4v) is 6.21. The van der Waals surface area contributed by atoms with Crippen LogP contribution in [-0.4, -0.2) is 32.0 Å². The molecule has 3 aliphatic rings. The van der Waals surface area contributed by atoms with Crippen molar-refractivity contribution in [3.63, 3.8) is 0 Å². The van der Waals surface area contributed by atoms with Crippen LogP contribution in [0.2, 0.25) is 0 Å². The highest BCUT2D eigenvalue weighted by Crippen LogP contribution is 2.49. The Morgan fingerprint density at radius 3 is 2.61 bits per heavy atom. The Bertz CT molecular complexity index is 406. The summed E-state index contributed by atoms with van der Waals surface area (Å²) in [5.41, 5.74) is 0. The molecule has 3 fully saturated rings. The van der Waals surface area contributed by atoms with Crippen molar-refractivity contribution < 1.29 is 8.42 Å². The highest BCUT2D eigenvalue weighted by atomic mass is 32.2. The van der Waals surface area contributed by atoms with Crippen molar-refractivity contribution in [3.05, 3.63) is 0 Å². The van der Waals surface area contributed by atoms with E-state index < -0.39 is 9.84 Å². The van der Waals surface area contributed by atoms with E-state index in [9.17, 15) is 8.42 Å². The van der Waals surface area contributed by atoms with Crippen LogP contribution in [-0.2, 0) is 9.84 Å². The first-order chi connectivity index (χ1) is 8.53. The summed E-state index contributed by atoms with van der Waals surface area (Å²) in [5.74, 6) is 3.44. The molecule has 0 aromatic rings. The molecular weight excluding hydrogens is 246 g/mol. The molecule has 3 rings (SSSR count). The minimum atomic E-state index is -2.77. The highest BCUT2D eigenvalue weighted by Gasteiger charge is 2.42. The summed E-state index contributed by atoms with van der Waals surface area (Å²) in [5, 5.41) is 3.62. The van der Waals surface area contributed by atoms with E-state index in [-0.39, 0.29) is 6.04 Å². The maximum atomic E-state index is 11.7. The molecule has 104 valence electrons. The molecule has 0 radical (unpaired) electrons. The summed E-state index contributed by atoms with van der Waals surface area (Å²) in [6.07, 6.45) is 7.52. The van der Waals surface area contributed by atoms with Crippen LogP contribution in [0.4, 0.5) is 0 Å². The van der Waals surface area contributed by atoms with Crippen LogP contribution in [0, 0.1) is 17.8 Å². The number of rotatable bonds is 3. The molecule has 0 spiro atoms. The lowest BCUT2D eigenvalue weighted by Crippen LogP contribution is -2.47. The lowest BCUT2D eigenvalue weighted by Gasteiger charge is -2.33. The maximum absolute atomic E-state index is 11.7. The van der Waals surface area contributed by atoms with E-state index in [1.54, 1.807) is 0 Å². The van der Waals surface area contributed by atoms with E-state index >= 15 is 0 Å². The summed E-state index contributed by atoms with van der Waals surface area (Å²) < 4.78 is 23.3. The Morgan fingerprint density at radius 2 is 2.00 bits per heavy atom. The molecule has 2 bridgehead atoms. The molecule has 1 heterocycles. The average molecular weight is 271 g/mol. The van der Waals surface area contributed by atoms with Gasteiger partial charge < -0.3 is 5.32 Å². The van der Waals surface area contributed by atoms with Crippen LogP contribution in [0.25, 0.3) is 0 Å². The first kappa shape index (κ1) is 12.9. The lowest BCUT2D eigenvalue weighted by molar-refractivity contribution is 0.244. The molecular formula is C14H25NO2S. The molecule has 0 aromatic carbocycles. The van der Waals surface area contributed by atoms with E-state index in [0.717, 1.165) is 30.6 Å². The third kappa shape index (κ3) is 2.60. The molecule has 1 N–H and O–H groups in total. The molecule has 18 heavy (non-hydrogen) atoms. The first-order valence-corrected chi connectivity index (χ1v) is 9.32. The van der Waals surface area contributed by atoms with E-state index in [1.165, 1.54) is 25.7 Å². The smallest absolute Gasteiger partial charge is 0.151 e. The summed E-state index contributed by atoms with van der Waals surface area (Å²) in [4.78, 5) is 0. The zero-order chi connectivity index (χ0) is 12.8. The van der Waals surface area contributed by atoms with Gasteiger partial charge in [-0.3, -0.25) is 0 Å². The second-order valence-electron chi connectivity index (χ2n) is 6.75. The van der Waals surface area contributed by atoms with Gasteiger partial charge in [-0.25, -0.2) is 8.42 Å². The highest BCUT2D eigenvalue weighted by molar-refractivity contribution is 7.91. The van der Waals surface area contributed by atoms with Gasteiger partial charge in [0.2, 0.25) is 0 Å². The number of nitrogens with one attached hydrogen (secondary N) is 1. The molecule has 5 atom stereocenters. The molecule has 5 unspecified atom stereocenters. The first-order valence-electron chi connectivity index (χ1n) is 7.50. The Labute approximate surface area is 111 Å². The van der Waals surface area contributed by atoms with Gasteiger partial charge in [0, 0.05) is 12.1 Å². The third-order valence-electron chi connectivity index (χ3n) is 5.40. The van der Waals surface area contributed by atoms with Crippen molar-refractivity contribution in [2.24, 2.45) is 17.8 Å². The molecule has 4 heteroatoms. The Morgan fingerprint density at radius 1 is 1.17 bits per heavy atom. The standard InChI is InChI=1S/C14H25NO2S/c1-10(14-8-11-4-5-12(14)7-11)15-13-3-2-6-18(16,17)9-13/h10-15H,2-9H2,1H3. The van der Waals surface area contributed by atoms with Gasteiger partial charge in [-0.15, -0.1) is 0 Å². The predicted molar refractivity (Wildman–Crippen MR) is 73.2 cm³/mol. The van der Waals surface area contributed by atoms with Gasteiger partial charge >= 0.3 is 0 Å². The molecule has 1 aliphatic heterocycles. The Balaban J connectivity index is 1.56. The van der Waals surface area contributed by atoms with Gasteiger partial charge in [0.15, 0.2) is 9.84 Å². The van der Waals surface area contributed by atoms with Crippen LogP contribution in [0.5, 0.6) is 0 Å². The third-order valence-corrected chi connectivity index (χ3v) is 7.22. The van der Waals surface area contributed by atoms with E-state index in [2.05, 4.69) is 12.2 Å². The van der Waals surface area contributed by atoms with Crippen molar-refractivity contribution in [2.75, 3.05) is 11.5 Å². The summed E-state index contributed by atoms with van der Waals surface area (Å²) >= 11 is 0. The minimum absolute atomic E-state index is 0.206. The molecule has 3 nitrogen and oxygen atoms in total. The van der Waals surface area contributed by atoms with Crippen LogP contribution >= 0.6 is 0 Å². The maximum Gasteiger partial charge on any atom is 0.151 e. The lowest BCUT2D eigenvalue weighted by atomic mass is 9.83. The number of fused-ring (bicyclic) bond motifs is 2. The fourth-order valence-electron chi connectivity index (χ4n) is 4.56. The SMILES string of the molecule is CC(NC1CCCS(=O)(=O)C1)C1CC2CCC1C2. The zero-order valence-corrected chi connectivity index (χ0v) is 12.1. The molecule has 1 saturated heterocycles. The van der Waals surface area contributed by atoms with Gasteiger partial charge in [0.1, 0.15) is 0 Å². The monoisotopic (exact) mass is 271 g/mol. The zero-order valence-electron chi connectivity index (χ0n) is 11.3. The number of hydrogen-bond donors (Lipinski definition) is 1. The van der Waals surface area contributed by atoms with Gasteiger partial charge in [0.05, 0.1) is 11.5 Å². The Kier molecular flexibility index (Phi) is 3.43. The largest absolute Gasteiger partial charge is 0.310 e. The van der Waals surface area contributed by atoms with E-state index in [1.807, 2.05) is 0 Å². The van der Waals surface area contributed by atoms with Crippen molar-refractivity contribution >= 4 is 9.84 Å². The minimum Gasteiger partial charge on any atom is -0.310 e. The van der Waals surface area contributed by atoms with Crippen molar-refractivity contribution in [1.29, 1.82) is 0 Å². The number of sulfone groups is 1. The molecule has 0 amide bonds. The Hall–Kier alpha value is -0.0900. The van der Waals surface area contributed by atoms with Gasteiger partial charge in [-0.05, 0) is 56.8 Å². The number of hydrogen-bond acceptors (Lipinski definition) is 3. The second kappa shape index (κ2) is 4.78. The van der Waals surface area contributed by atoms with E-state index in [4.69, 9.17) is 0 Å². The van der Waals surface area contributed by atoms with Crippen LogP contribution in [0.3, 0.4) is 0 Å². The molecule has 2 saturated carbocycles. The van der Waals surface area contributed by atoms with Crippen LogP contribution < -0.4 is 5.32 Å². The molecule has 2 aliphatic carbocycles. The average Bonchev–Trinajstić information content (AvgIpc) is 2.89. The summed E-state index contributed by atoms with van der Waals surface area (Å²) in [6, 6.07) is 0.705. The van der Waals surface area contributed by atoms with Crippen molar-refractivity contribution in [3.8, 4) is 0 Å². The van der Waals surface area contributed by atoms with Crippen LogP contribution in [0.15, 0.2) is 0 Å².